The van der Waals surface area contributed by atoms with Crippen LogP contribution >= 0.6 is 11.3 Å². The molecule has 0 radical (unpaired) electrons. The van der Waals surface area contributed by atoms with Crippen LogP contribution in [0.4, 0.5) is 0 Å². The Kier molecular flexibility index (Phi) is 3.33. The van der Waals surface area contributed by atoms with Gasteiger partial charge in [0.05, 0.1) is 15.2 Å². The van der Waals surface area contributed by atoms with Crippen LogP contribution < -0.4 is 5.32 Å². The van der Waals surface area contributed by atoms with Gasteiger partial charge < -0.3 is 10.2 Å². The van der Waals surface area contributed by atoms with Crippen LogP contribution in [0.3, 0.4) is 0 Å². The largest absolute Gasteiger partial charge is 0.314 e. The van der Waals surface area contributed by atoms with Gasteiger partial charge in [-0.25, -0.2) is 4.98 Å². The predicted molar refractivity (Wildman–Crippen MR) is 77.3 cm³/mol. The lowest BCUT2D eigenvalue weighted by molar-refractivity contribution is 0.199. The highest BCUT2D eigenvalue weighted by Gasteiger charge is 2.18. The molecule has 3 rings (SSSR count). The minimum Gasteiger partial charge on any atom is -0.314 e. The molecule has 0 amide bonds. The maximum atomic E-state index is 4.51. The van der Waals surface area contributed by atoms with E-state index >= 15 is 0 Å². The number of likely N-dealkylation sites (N-methyl/N-ethyl adjacent to an activating group) is 1. The van der Waals surface area contributed by atoms with Gasteiger partial charge in [0, 0.05) is 25.7 Å². The number of nitrogens with one attached hydrogen (secondary N) is 1. The number of piperazine rings is 1. The molecule has 1 saturated heterocycles. The van der Waals surface area contributed by atoms with Crippen LogP contribution in [0.1, 0.15) is 10.6 Å². The Balaban J connectivity index is 1.81. The Labute approximate surface area is 112 Å². The molecule has 0 saturated carbocycles. The van der Waals surface area contributed by atoms with E-state index in [0.717, 1.165) is 36.6 Å². The van der Waals surface area contributed by atoms with E-state index < -0.39 is 0 Å². The topological polar surface area (TPSA) is 28.2 Å². The molecule has 1 aliphatic heterocycles. The zero-order chi connectivity index (χ0) is 12.5. The number of nitrogens with zero attached hydrogens (tertiary/aromatic N) is 2. The molecule has 0 bridgehead atoms. The average molecular weight is 261 g/mol. The highest BCUT2D eigenvalue weighted by atomic mass is 32.1. The van der Waals surface area contributed by atoms with Crippen molar-refractivity contribution in [1.82, 2.24) is 15.2 Å². The minimum absolute atomic E-state index is 0.616. The fraction of sp³-hybridized carbons (Fsp3) is 0.500. The van der Waals surface area contributed by atoms with Crippen molar-refractivity contribution in [3.63, 3.8) is 0 Å². The fourth-order valence-electron chi connectivity index (χ4n) is 2.57. The third-order valence-electron chi connectivity index (χ3n) is 3.68. The summed E-state index contributed by atoms with van der Waals surface area (Å²) in [6, 6.07) is 7.31. The standard InChI is InChI=1S/C14H19N3S/c1-10-16-13-4-3-11(8-14(13)18-10)7-12-9-15-5-6-17(12)2/h3-4,8,12,15H,5-7,9H2,1-2H3. The molecule has 3 nitrogen and oxygen atoms in total. The molecular weight excluding hydrogens is 242 g/mol. The number of rotatable bonds is 2. The van der Waals surface area contributed by atoms with E-state index in [1.54, 1.807) is 11.3 Å². The second-order valence-electron chi connectivity index (χ2n) is 5.08. The van der Waals surface area contributed by atoms with Gasteiger partial charge in [-0.05, 0) is 38.1 Å². The summed E-state index contributed by atoms with van der Waals surface area (Å²) in [5, 5.41) is 4.63. The number of fused-ring (bicyclic) bond motifs is 1. The molecule has 4 heteroatoms. The summed E-state index contributed by atoms with van der Waals surface area (Å²) in [4.78, 5) is 6.97. The zero-order valence-corrected chi connectivity index (χ0v) is 11.8. The van der Waals surface area contributed by atoms with Crippen molar-refractivity contribution in [3.05, 3.63) is 28.8 Å². The summed E-state index contributed by atoms with van der Waals surface area (Å²) >= 11 is 1.79. The molecule has 2 heterocycles. The third kappa shape index (κ3) is 2.41. The first-order valence-electron chi connectivity index (χ1n) is 6.49. The zero-order valence-electron chi connectivity index (χ0n) is 10.9. The summed E-state index contributed by atoms with van der Waals surface area (Å²) < 4.78 is 1.32. The van der Waals surface area contributed by atoms with Crippen LogP contribution in [0.2, 0.25) is 0 Å². The summed E-state index contributed by atoms with van der Waals surface area (Å²) in [5.41, 5.74) is 2.56. The van der Waals surface area contributed by atoms with Crippen molar-refractivity contribution in [2.24, 2.45) is 0 Å². The molecule has 96 valence electrons. The summed E-state index contributed by atoms with van der Waals surface area (Å²) in [5.74, 6) is 0. The van der Waals surface area contributed by atoms with Crippen LogP contribution in [-0.4, -0.2) is 42.6 Å². The van der Waals surface area contributed by atoms with Crippen LogP contribution in [-0.2, 0) is 6.42 Å². The lowest BCUT2D eigenvalue weighted by Crippen LogP contribution is -2.50. The number of hydrogen-bond acceptors (Lipinski definition) is 4. The lowest BCUT2D eigenvalue weighted by Gasteiger charge is -2.33. The van der Waals surface area contributed by atoms with Crippen LogP contribution in [0.5, 0.6) is 0 Å². The smallest absolute Gasteiger partial charge is 0.0907 e. The van der Waals surface area contributed by atoms with Crippen molar-refractivity contribution in [3.8, 4) is 0 Å². The second-order valence-corrected chi connectivity index (χ2v) is 6.31. The number of thiazole rings is 1. The Morgan fingerprint density at radius 2 is 2.39 bits per heavy atom. The van der Waals surface area contributed by atoms with E-state index in [-0.39, 0.29) is 0 Å². The molecule has 2 aromatic rings. The highest BCUT2D eigenvalue weighted by molar-refractivity contribution is 7.18. The van der Waals surface area contributed by atoms with Crippen molar-refractivity contribution in [2.75, 3.05) is 26.7 Å². The van der Waals surface area contributed by atoms with Crippen molar-refractivity contribution >= 4 is 21.6 Å². The number of aryl methyl sites for hydroxylation is 1. The van der Waals surface area contributed by atoms with Gasteiger partial charge in [0.1, 0.15) is 0 Å². The quantitative estimate of drug-likeness (QED) is 0.897. The van der Waals surface area contributed by atoms with Crippen LogP contribution in [0.25, 0.3) is 10.2 Å². The van der Waals surface area contributed by atoms with Gasteiger partial charge in [-0.15, -0.1) is 11.3 Å². The molecule has 18 heavy (non-hydrogen) atoms. The van der Waals surface area contributed by atoms with Crippen molar-refractivity contribution < 1.29 is 0 Å². The van der Waals surface area contributed by atoms with Crippen LogP contribution in [0, 0.1) is 6.92 Å². The summed E-state index contributed by atoms with van der Waals surface area (Å²) in [6.07, 6.45) is 1.12. The van der Waals surface area contributed by atoms with Crippen molar-refractivity contribution in [2.45, 2.75) is 19.4 Å². The van der Waals surface area contributed by atoms with Gasteiger partial charge in [-0.3, -0.25) is 0 Å². The fourth-order valence-corrected chi connectivity index (χ4v) is 3.46. The first kappa shape index (κ1) is 12.1. The van der Waals surface area contributed by atoms with Gasteiger partial charge in [0.15, 0.2) is 0 Å². The number of benzene rings is 1. The van der Waals surface area contributed by atoms with E-state index in [9.17, 15) is 0 Å². The Morgan fingerprint density at radius 3 is 3.22 bits per heavy atom. The molecular formula is C14H19N3S. The number of aromatic nitrogens is 1. The summed E-state index contributed by atoms with van der Waals surface area (Å²) in [7, 11) is 2.22. The number of hydrogen-bond donors (Lipinski definition) is 1. The second kappa shape index (κ2) is 4.96. The van der Waals surface area contributed by atoms with Gasteiger partial charge in [0.2, 0.25) is 0 Å². The highest BCUT2D eigenvalue weighted by Crippen LogP contribution is 2.23. The van der Waals surface area contributed by atoms with Crippen LogP contribution in [0.15, 0.2) is 18.2 Å². The maximum absolute atomic E-state index is 4.51. The summed E-state index contributed by atoms with van der Waals surface area (Å²) in [6.45, 7) is 5.42. The molecule has 1 N–H and O–H groups in total. The monoisotopic (exact) mass is 261 g/mol. The van der Waals surface area contributed by atoms with Gasteiger partial charge in [-0.1, -0.05) is 6.07 Å². The van der Waals surface area contributed by atoms with E-state index in [4.69, 9.17) is 0 Å². The van der Waals surface area contributed by atoms with Crippen molar-refractivity contribution in [1.29, 1.82) is 0 Å². The molecule has 1 atom stereocenters. The van der Waals surface area contributed by atoms with Gasteiger partial charge in [-0.2, -0.15) is 0 Å². The van der Waals surface area contributed by atoms with E-state index in [1.165, 1.54) is 10.3 Å². The molecule has 0 spiro atoms. The minimum atomic E-state index is 0.616. The van der Waals surface area contributed by atoms with E-state index in [2.05, 4.69) is 47.4 Å². The average Bonchev–Trinajstić information content (AvgIpc) is 2.71. The third-order valence-corrected chi connectivity index (χ3v) is 4.61. The Morgan fingerprint density at radius 1 is 1.50 bits per heavy atom. The molecule has 1 unspecified atom stereocenters. The molecule has 1 aromatic heterocycles. The first-order chi connectivity index (χ1) is 8.72. The van der Waals surface area contributed by atoms with E-state index in [1.807, 2.05) is 0 Å². The Hall–Kier alpha value is -0.970. The molecule has 1 fully saturated rings. The first-order valence-corrected chi connectivity index (χ1v) is 7.31. The Bertz CT molecular complexity index is 549. The predicted octanol–water partition coefficient (Wildman–Crippen LogP) is 2.05. The SMILES string of the molecule is Cc1nc2ccc(CC3CNCCN3C)cc2s1. The van der Waals surface area contributed by atoms with Gasteiger partial charge >= 0.3 is 0 Å². The molecule has 0 aliphatic carbocycles. The lowest BCUT2D eigenvalue weighted by atomic mass is 10.0. The maximum Gasteiger partial charge on any atom is 0.0907 e. The van der Waals surface area contributed by atoms with Gasteiger partial charge in [0.25, 0.3) is 0 Å². The normalized spacial score (nSPS) is 21.6. The van der Waals surface area contributed by atoms with E-state index in [0.29, 0.717) is 6.04 Å². The molecule has 1 aromatic carbocycles. The molecule has 1 aliphatic rings.